The highest BCUT2D eigenvalue weighted by atomic mass is 32.1. The van der Waals surface area contributed by atoms with Gasteiger partial charge in [-0.3, -0.25) is 9.36 Å². The molecular formula is C28H34FN3O4S. The lowest BCUT2D eigenvalue weighted by atomic mass is 9.98. The molecule has 0 aliphatic carbocycles. The van der Waals surface area contributed by atoms with Crippen molar-refractivity contribution in [1.82, 2.24) is 14.9 Å². The first kappa shape index (κ1) is 28.2. The molecule has 0 radical (unpaired) electrons. The minimum atomic E-state index is -1.07. The van der Waals surface area contributed by atoms with E-state index in [0.29, 0.717) is 35.7 Å². The lowest BCUT2D eigenvalue weighted by Gasteiger charge is -2.18. The van der Waals surface area contributed by atoms with Gasteiger partial charge in [0.25, 0.3) is 6.01 Å². The summed E-state index contributed by atoms with van der Waals surface area (Å²) in [7, 11) is 0. The zero-order valence-electron chi connectivity index (χ0n) is 21.6. The summed E-state index contributed by atoms with van der Waals surface area (Å²) in [6.07, 6.45) is 1.45. The molecule has 1 aromatic heterocycles. The van der Waals surface area contributed by atoms with Crippen LogP contribution in [0.3, 0.4) is 0 Å². The minimum absolute atomic E-state index is 0.105. The quantitative estimate of drug-likeness (QED) is 0.276. The zero-order valence-corrected chi connectivity index (χ0v) is 22.5. The van der Waals surface area contributed by atoms with Crippen molar-refractivity contribution in [2.45, 2.75) is 58.9 Å². The van der Waals surface area contributed by atoms with E-state index in [1.807, 2.05) is 27.7 Å². The van der Waals surface area contributed by atoms with Crippen LogP contribution in [0.2, 0.25) is 0 Å². The Hall–Kier alpha value is -3.33. The van der Waals surface area contributed by atoms with Crippen LogP contribution in [0.25, 0.3) is 11.1 Å². The maximum atomic E-state index is 15.3. The number of aromatic carboxylic acids is 1. The Bertz CT molecular complexity index is 1260. The maximum absolute atomic E-state index is 15.3. The van der Waals surface area contributed by atoms with Gasteiger partial charge in [-0.05, 0) is 42.5 Å². The number of hydrogen-bond acceptors (Lipinski definition) is 5. The Kier molecular flexibility index (Phi) is 9.74. The molecule has 3 rings (SSSR count). The van der Waals surface area contributed by atoms with E-state index in [0.717, 1.165) is 17.8 Å². The van der Waals surface area contributed by atoms with Crippen LogP contribution in [-0.4, -0.2) is 38.4 Å². The van der Waals surface area contributed by atoms with Crippen LogP contribution in [0.5, 0.6) is 6.01 Å². The molecule has 9 heteroatoms. The van der Waals surface area contributed by atoms with Gasteiger partial charge in [-0.1, -0.05) is 57.5 Å². The second-order valence-corrected chi connectivity index (χ2v) is 9.42. The monoisotopic (exact) mass is 527 g/mol. The fraction of sp³-hybridized carbons (Fsp3) is 0.393. The highest BCUT2D eigenvalue weighted by molar-refractivity contribution is 7.81. The number of hydrogen-bond donors (Lipinski definition) is 3. The molecule has 0 bridgehead atoms. The average Bonchev–Trinajstić information content (AvgIpc) is 3.23. The Morgan fingerprint density at radius 1 is 1.19 bits per heavy atom. The SMILES string of the molecule is CCOc1nc(CC)c(CNC(=O)[C@@H](S)[C@@H](C)CC)n1Cc1ccc(-c2ccccc2C(=O)O)cc1F. The molecule has 0 saturated carbocycles. The molecule has 198 valence electrons. The summed E-state index contributed by atoms with van der Waals surface area (Å²) in [5.41, 5.74) is 2.91. The number of carbonyl (C=O) groups excluding carboxylic acids is 1. The molecule has 2 N–H and O–H groups in total. The van der Waals surface area contributed by atoms with Crippen LogP contribution in [-0.2, 0) is 24.3 Å². The van der Waals surface area contributed by atoms with Crippen LogP contribution in [0, 0.1) is 11.7 Å². The number of aryl methyl sites for hydroxylation is 1. The van der Waals surface area contributed by atoms with Crippen molar-refractivity contribution in [2.75, 3.05) is 6.61 Å². The summed E-state index contributed by atoms with van der Waals surface area (Å²) in [4.78, 5) is 28.9. The van der Waals surface area contributed by atoms with Gasteiger partial charge in [-0.15, -0.1) is 0 Å². The minimum Gasteiger partial charge on any atom is -0.478 e. The molecule has 0 fully saturated rings. The number of rotatable bonds is 12. The molecule has 1 amide bonds. The lowest BCUT2D eigenvalue weighted by molar-refractivity contribution is -0.121. The van der Waals surface area contributed by atoms with Crippen LogP contribution < -0.4 is 10.1 Å². The number of carboxylic acid groups (broad SMARTS) is 1. The lowest BCUT2D eigenvalue weighted by Crippen LogP contribution is -2.35. The van der Waals surface area contributed by atoms with Gasteiger partial charge in [-0.25, -0.2) is 9.18 Å². The molecule has 2 aromatic carbocycles. The number of carboxylic acids is 1. The maximum Gasteiger partial charge on any atom is 0.336 e. The zero-order chi connectivity index (χ0) is 27.1. The number of imidazole rings is 1. The molecule has 3 aromatic rings. The summed E-state index contributed by atoms with van der Waals surface area (Å²) in [5.74, 6) is -1.60. The summed E-state index contributed by atoms with van der Waals surface area (Å²) < 4.78 is 22.9. The van der Waals surface area contributed by atoms with E-state index in [1.165, 1.54) is 12.1 Å². The van der Waals surface area contributed by atoms with Crippen molar-refractivity contribution in [1.29, 1.82) is 0 Å². The number of benzene rings is 2. The molecule has 0 unspecified atom stereocenters. The van der Waals surface area contributed by atoms with Gasteiger partial charge >= 0.3 is 5.97 Å². The van der Waals surface area contributed by atoms with Crippen molar-refractivity contribution < 1.29 is 23.8 Å². The van der Waals surface area contributed by atoms with E-state index in [-0.39, 0.29) is 30.5 Å². The van der Waals surface area contributed by atoms with Gasteiger partial charge in [0.05, 0.1) is 41.9 Å². The van der Waals surface area contributed by atoms with Crippen LogP contribution in [0.1, 0.15) is 61.4 Å². The number of thiol groups is 1. The van der Waals surface area contributed by atoms with Gasteiger partial charge < -0.3 is 15.2 Å². The summed E-state index contributed by atoms with van der Waals surface area (Å²) in [6.45, 7) is 8.53. The number of halogens is 1. The van der Waals surface area contributed by atoms with Crippen molar-refractivity contribution in [3.05, 3.63) is 70.8 Å². The number of nitrogens with one attached hydrogen (secondary N) is 1. The summed E-state index contributed by atoms with van der Waals surface area (Å²) in [6, 6.07) is 11.5. The molecule has 0 aliphatic rings. The second-order valence-electron chi connectivity index (χ2n) is 8.87. The van der Waals surface area contributed by atoms with Crippen LogP contribution in [0.15, 0.2) is 42.5 Å². The predicted molar refractivity (Wildman–Crippen MR) is 145 cm³/mol. The molecule has 7 nitrogen and oxygen atoms in total. The number of amides is 1. The van der Waals surface area contributed by atoms with Crippen molar-refractivity contribution in [3.63, 3.8) is 0 Å². The molecule has 0 saturated heterocycles. The van der Waals surface area contributed by atoms with Crippen LogP contribution >= 0.6 is 12.6 Å². The first-order valence-electron chi connectivity index (χ1n) is 12.5. The number of ether oxygens (including phenoxy) is 1. The smallest absolute Gasteiger partial charge is 0.336 e. The average molecular weight is 528 g/mol. The molecule has 2 atom stereocenters. The van der Waals surface area contributed by atoms with Gasteiger partial charge in [-0.2, -0.15) is 17.6 Å². The Labute approximate surface area is 222 Å². The van der Waals surface area contributed by atoms with E-state index in [4.69, 9.17) is 4.74 Å². The number of aromatic nitrogens is 2. The number of nitrogens with zero attached hydrogens (tertiary/aromatic N) is 2. The van der Waals surface area contributed by atoms with Gasteiger partial charge in [0, 0.05) is 5.56 Å². The van der Waals surface area contributed by atoms with E-state index in [9.17, 15) is 14.7 Å². The molecular weight excluding hydrogens is 493 g/mol. The molecule has 0 spiro atoms. The van der Waals surface area contributed by atoms with E-state index in [2.05, 4.69) is 22.9 Å². The normalized spacial score (nSPS) is 12.7. The van der Waals surface area contributed by atoms with E-state index >= 15 is 4.39 Å². The first-order valence-corrected chi connectivity index (χ1v) is 13.0. The van der Waals surface area contributed by atoms with Crippen LogP contribution in [0.4, 0.5) is 4.39 Å². The van der Waals surface area contributed by atoms with E-state index < -0.39 is 17.0 Å². The van der Waals surface area contributed by atoms with Gasteiger partial charge in [0.1, 0.15) is 5.82 Å². The van der Waals surface area contributed by atoms with E-state index in [1.54, 1.807) is 34.9 Å². The summed E-state index contributed by atoms with van der Waals surface area (Å²) in [5, 5.41) is 12.0. The highest BCUT2D eigenvalue weighted by Crippen LogP contribution is 2.28. The third-order valence-electron chi connectivity index (χ3n) is 6.46. The standard InChI is InChI=1S/C28H34FN3O4S/c1-5-17(4)25(37)26(33)30-15-24-23(6-2)31-28(36-7-3)32(24)16-19-13-12-18(14-22(19)29)20-10-8-9-11-21(20)27(34)35/h8-14,17,25,37H,5-7,15-16H2,1-4H3,(H,30,33)(H,34,35)/t17-,25-/m0/s1. The molecule has 1 heterocycles. The Morgan fingerprint density at radius 2 is 1.92 bits per heavy atom. The second kappa shape index (κ2) is 12.8. The third kappa shape index (κ3) is 6.52. The fourth-order valence-electron chi connectivity index (χ4n) is 4.09. The molecule has 37 heavy (non-hydrogen) atoms. The van der Waals surface area contributed by atoms with Gasteiger partial charge in [0.2, 0.25) is 5.91 Å². The Balaban J connectivity index is 1.94. The topological polar surface area (TPSA) is 93.5 Å². The van der Waals surface area contributed by atoms with Crippen molar-refractivity contribution >= 4 is 24.5 Å². The largest absolute Gasteiger partial charge is 0.478 e. The van der Waals surface area contributed by atoms with Gasteiger partial charge in [0.15, 0.2) is 0 Å². The van der Waals surface area contributed by atoms with Crippen molar-refractivity contribution in [2.24, 2.45) is 5.92 Å². The molecule has 0 aliphatic heterocycles. The third-order valence-corrected chi connectivity index (χ3v) is 7.20. The fourth-order valence-corrected chi connectivity index (χ4v) is 4.39. The summed E-state index contributed by atoms with van der Waals surface area (Å²) >= 11 is 4.47. The predicted octanol–water partition coefficient (Wildman–Crippen LogP) is 5.36. The van der Waals surface area contributed by atoms with Crippen molar-refractivity contribution in [3.8, 4) is 17.1 Å². The highest BCUT2D eigenvalue weighted by Gasteiger charge is 2.23. The Morgan fingerprint density at radius 3 is 2.54 bits per heavy atom. The first-order chi connectivity index (χ1) is 17.7. The number of carbonyl (C=O) groups is 2.